The summed E-state index contributed by atoms with van der Waals surface area (Å²) < 4.78 is 5.81. The minimum atomic E-state index is -0.354. The Balaban J connectivity index is 1.38. The quantitative estimate of drug-likeness (QED) is 0.756. The lowest BCUT2D eigenvalue weighted by atomic mass is 10.1. The van der Waals surface area contributed by atoms with E-state index in [-0.39, 0.29) is 30.2 Å². The second-order valence-corrected chi connectivity index (χ2v) is 6.91. The van der Waals surface area contributed by atoms with Crippen LogP contribution in [0.2, 0.25) is 0 Å². The molecular weight excluding hydrogens is 342 g/mol. The zero-order valence-electron chi connectivity index (χ0n) is 15.1. The average molecular weight is 363 g/mol. The van der Waals surface area contributed by atoms with Crippen LogP contribution in [0.3, 0.4) is 0 Å². The Morgan fingerprint density at radius 3 is 2.89 bits per heavy atom. The van der Waals surface area contributed by atoms with Crippen LogP contribution in [-0.4, -0.2) is 28.2 Å². The molecule has 6 heteroatoms. The van der Waals surface area contributed by atoms with Gasteiger partial charge in [-0.1, -0.05) is 24.3 Å². The van der Waals surface area contributed by atoms with E-state index >= 15 is 0 Å². The maximum atomic E-state index is 12.6. The summed E-state index contributed by atoms with van der Waals surface area (Å²) in [6, 6.07) is 15.0. The Morgan fingerprint density at radius 2 is 2.11 bits per heavy atom. The first-order valence-electron chi connectivity index (χ1n) is 9.06. The SMILES string of the molecule is CC(NC(=O)C1CC(=O)N(Cc2ccccn2)C1)c1cc2ccccc2o1. The van der Waals surface area contributed by atoms with E-state index in [0.717, 1.165) is 16.7 Å². The molecule has 3 aromatic rings. The molecule has 1 fully saturated rings. The molecule has 4 rings (SSSR count). The standard InChI is InChI=1S/C21H21N3O3/c1-14(19-10-15-6-2-3-8-18(15)27-19)23-21(26)16-11-20(25)24(12-16)13-17-7-4-5-9-22-17/h2-10,14,16H,11-13H2,1H3,(H,23,26). The number of nitrogens with zero attached hydrogens (tertiary/aromatic N) is 2. The number of para-hydroxylation sites is 1. The summed E-state index contributed by atoms with van der Waals surface area (Å²) in [5.41, 5.74) is 1.62. The third kappa shape index (κ3) is 3.69. The summed E-state index contributed by atoms with van der Waals surface area (Å²) in [6.07, 6.45) is 1.93. The molecule has 2 aromatic heterocycles. The minimum Gasteiger partial charge on any atom is -0.459 e. The highest BCUT2D eigenvalue weighted by molar-refractivity contribution is 5.89. The summed E-state index contributed by atoms with van der Waals surface area (Å²) in [7, 11) is 0. The van der Waals surface area contributed by atoms with E-state index in [1.54, 1.807) is 11.1 Å². The van der Waals surface area contributed by atoms with E-state index in [2.05, 4.69) is 10.3 Å². The zero-order valence-corrected chi connectivity index (χ0v) is 15.1. The molecule has 2 atom stereocenters. The Kier molecular flexibility index (Phi) is 4.62. The number of aromatic nitrogens is 1. The average Bonchev–Trinajstić information content (AvgIpc) is 3.26. The lowest BCUT2D eigenvalue weighted by molar-refractivity contribution is -0.129. The third-order valence-corrected chi connectivity index (χ3v) is 4.89. The van der Waals surface area contributed by atoms with Crippen LogP contribution in [0.25, 0.3) is 11.0 Å². The molecule has 1 saturated heterocycles. The molecule has 0 radical (unpaired) electrons. The number of pyridine rings is 1. The number of rotatable bonds is 5. The van der Waals surface area contributed by atoms with Crippen molar-refractivity contribution in [2.45, 2.75) is 25.9 Å². The van der Waals surface area contributed by atoms with Crippen molar-refractivity contribution in [1.29, 1.82) is 0 Å². The third-order valence-electron chi connectivity index (χ3n) is 4.89. The van der Waals surface area contributed by atoms with Gasteiger partial charge in [0.05, 0.1) is 24.2 Å². The van der Waals surface area contributed by atoms with E-state index in [4.69, 9.17) is 4.42 Å². The van der Waals surface area contributed by atoms with Crippen molar-refractivity contribution in [2.75, 3.05) is 6.54 Å². The highest BCUT2D eigenvalue weighted by atomic mass is 16.3. The van der Waals surface area contributed by atoms with E-state index in [1.807, 2.05) is 55.5 Å². The maximum Gasteiger partial charge on any atom is 0.226 e. The van der Waals surface area contributed by atoms with Gasteiger partial charge in [-0.3, -0.25) is 14.6 Å². The van der Waals surface area contributed by atoms with Crippen molar-refractivity contribution in [3.63, 3.8) is 0 Å². The molecule has 0 saturated carbocycles. The number of fused-ring (bicyclic) bond motifs is 1. The first-order valence-corrected chi connectivity index (χ1v) is 9.06. The molecule has 27 heavy (non-hydrogen) atoms. The Bertz CT molecular complexity index is 934. The first kappa shape index (κ1) is 17.3. The monoisotopic (exact) mass is 363 g/mol. The minimum absolute atomic E-state index is 0.0165. The number of hydrogen-bond donors (Lipinski definition) is 1. The van der Waals surface area contributed by atoms with Crippen molar-refractivity contribution in [1.82, 2.24) is 15.2 Å². The first-order chi connectivity index (χ1) is 13.1. The van der Waals surface area contributed by atoms with Crippen molar-refractivity contribution in [3.05, 3.63) is 66.2 Å². The predicted octanol–water partition coefficient (Wildman–Crippen LogP) is 3.05. The van der Waals surface area contributed by atoms with Gasteiger partial charge in [0, 0.05) is 24.5 Å². The van der Waals surface area contributed by atoms with Crippen LogP contribution < -0.4 is 5.32 Å². The topological polar surface area (TPSA) is 75.4 Å². The molecule has 1 N–H and O–H groups in total. The van der Waals surface area contributed by atoms with Gasteiger partial charge in [-0.25, -0.2) is 0 Å². The maximum absolute atomic E-state index is 12.6. The number of benzene rings is 1. The molecule has 2 amide bonds. The summed E-state index contributed by atoms with van der Waals surface area (Å²) in [4.78, 5) is 30.8. The smallest absolute Gasteiger partial charge is 0.226 e. The second kappa shape index (κ2) is 7.23. The number of amides is 2. The molecule has 0 bridgehead atoms. The highest BCUT2D eigenvalue weighted by Gasteiger charge is 2.35. The van der Waals surface area contributed by atoms with E-state index in [1.165, 1.54) is 0 Å². The fourth-order valence-corrected chi connectivity index (χ4v) is 3.41. The highest BCUT2D eigenvalue weighted by Crippen LogP contribution is 2.25. The lowest BCUT2D eigenvalue weighted by Gasteiger charge is -2.17. The van der Waals surface area contributed by atoms with Crippen LogP contribution in [0.5, 0.6) is 0 Å². The van der Waals surface area contributed by atoms with Gasteiger partial charge in [0.25, 0.3) is 0 Å². The molecule has 3 heterocycles. The van der Waals surface area contributed by atoms with Gasteiger partial charge in [-0.05, 0) is 31.2 Å². The largest absolute Gasteiger partial charge is 0.459 e. The normalized spacial score (nSPS) is 18.0. The van der Waals surface area contributed by atoms with Crippen LogP contribution in [0.15, 0.2) is 59.1 Å². The number of carbonyl (C=O) groups excluding carboxylic acids is 2. The fourth-order valence-electron chi connectivity index (χ4n) is 3.41. The molecule has 0 spiro atoms. The van der Waals surface area contributed by atoms with Crippen molar-refractivity contribution < 1.29 is 14.0 Å². The van der Waals surface area contributed by atoms with Gasteiger partial charge in [-0.15, -0.1) is 0 Å². The van der Waals surface area contributed by atoms with E-state index < -0.39 is 0 Å². The molecule has 2 unspecified atom stereocenters. The number of nitrogens with one attached hydrogen (secondary N) is 1. The van der Waals surface area contributed by atoms with Gasteiger partial charge >= 0.3 is 0 Å². The summed E-state index contributed by atoms with van der Waals surface area (Å²) in [5, 5.41) is 3.98. The number of carbonyl (C=O) groups is 2. The summed E-state index contributed by atoms with van der Waals surface area (Å²) in [6.45, 7) is 2.73. The lowest BCUT2D eigenvalue weighted by Crippen LogP contribution is -2.34. The van der Waals surface area contributed by atoms with Gasteiger partial charge < -0.3 is 14.6 Å². The van der Waals surface area contributed by atoms with Gasteiger partial charge in [-0.2, -0.15) is 0 Å². The van der Waals surface area contributed by atoms with Gasteiger partial charge in [0.2, 0.25) is 11.8 Å². The second-order valence-electron chi connectivity index (χ2n) is 6.91. The summed E-state index contributed by atoms with van der Waals surface area (Å²) in [5.74, 6) is 0.212. The molecule has 138 valence electrons. The molecule has 1 aliphatic rings. The Morgan fingerprint density at radius 1 is 1.30 bits per heavy atom. The Hall–Kier alpha value is -3.15. The molecular formula is C21H21N3O3. The van der Waals surface area contributed by atoms with Gasteiger partial charge in [0.1, 0.15) is 11.3 Å². The molecule has 6 nitrogen and oxygen atoms in total. The molecule has 0 aliphatic carbocycles. The molecule has 1 aliphatic heterocycles. The van der Waals surface area contributed by atoms with Crippen LogP contribution in [0.1, 0.15) is 30.8 Å². The molecule has 1 aromatic carbocycles. The summed E-state index contributed by atoms with van der Waals surface area (Å²) >= 11 is 0. The van der Waals surface area contributed by atoms with Crippen LogP contribution >= 0.6 is 0 Å². The fraction of sp³-hybridized carbons (Fsp3) is 0.286. The zero-order chi connectivity index (χ0) is 18.8. The Labute approximate surface area is 157 Å². The van der Waals surface area contributed by atoms with Crippen molar-refractivity contribution in [3.8, 4) is 0 Å². The van der Waals surface area contributed by atoms with Crippen molar-refractivity contribution in [2.24, 2.45) is 5.92 Å². The van der Waals surface area contributed by atoms with Gasteiger partial charge in [0.15, 0.2) is 0 Å². The van der Waals surface area contributed by atoms with Crippen molar-refractivity contribution >= 4 is 22.8 Å². The number of likely N-dealkylation sites (tertiary alicyclic amines) is 1. The number of furan rings is 1. The predicted molar refractivity (Wildman–Crippen MR) is 101 cm³/mol. The van der Waals surface area contributed by atoms with Crippen LogP contribution in [-0.2, 0) is 16.1 Å². The number of hydrogen-bond acceptors (Lipinski definition) is 4. The van der Waals surface area contributed by atoms with E-state index in [0.29, 0.717) is 18.8 Å². The van der Waals surface area contributed by atoms with E-state index in [9.17, 15) is 9.59 Å². The van der Waals surface area contributed by atoms with Crippen LogP contribution in [0, 0.1) is 5.92 Å². The van der Waals surface area contributed by atoms with Crippen LogP contribution in [0.4, 0.5) is 0 Å².